The third-order valence-electron chi connectivity index (χ3n) is 9.64. The molecule has 3 saturated carbocycles. The van der Waals surface area contributed by atoms with Gasteiger partial charge in [0.15, 0.2) is 0 Å². The summed E-state index contributed by atoms with van der Waals surface area (Å²) >= 11 is 0. The third-order valence-corrected chi connectivity index (χ3v) is 9.64. The Morgan fingerprint density at radius 3 is 2.54 bits per heavy atom. The quantitative estimate of drug-likeness (QED) is 0.712. The Morgan fingerprint density at radius 2 is 1.82 bits per heavy atom. The van der Waals surface area contributed by atoms with Gasteiger partial charge in [-0.1, -0.05) is 40.0 Å². The Kier molecular flexibility index (Phi) is 6.52. The fourth-order valence-electron chi connectivity index (χ4n) is 8.25. The van der Waals surface area contributed by atoms with E-state index in [4.69, 9.17) is 0 Å². The number of carbonyl (C=O) groups is 1. The van der Waals surface area contributed by atoms with E-state index in [9.17, 15) is 4.79 Å². The van der Waals surface area contributed by atoms with Gasteiger partial charge in [0, 0.05) is 32.1 Å². The molecule has 4 fully saturated rings. The van der Waals surface area contributed by atoms with Gasteiger partial charge in [-0.2, -0.15) is 0 Å². The van der Waals surface area contributed by atoms with E-state index < -0.39 is 0 Å². The molecule has 160 valence electrons. The summed E-state index contributed by atoms with van der Waals surface area (Å²) in [6.07, 6.45) is 12.3. The maximum atomic E-state index is 13.3. The number of hydrogen-bond acceptors (Lipinski definition) is 3. The summed E-state index contributed by atoms with van der Waals surface area (Å²) in [4.78, 5) is 15.7. The molecule has 0 spiro atoms. The molecule has 4 rings (SSSR count). The lowest BCUT2D eigenvalue weighted by atomic mass is 9.50. The lowest BCUT2D eigenvalue weighted by molar-refractivity contribution is -0.131. The van der Waals surface area contributed by atoms with Gasteiger partial charge in [-0.05, 0) is 73.5 Å². The maximum Gasteiger partial charge on any atom is 0.150 e. The minimum atomic E-state index is 0.294. The van der Waals surface area contributed by atoms with Crippen molar-refractivity contribution < 1.29 is 4.79 Å². The number of nitrogens with zero attached hydrogens (tertiary/aromatic N) is 1. The van der Waals surface area contributed by atoms with Crippen molar-refractivity contribution in [2.45, 2.75) is 78.6 Å². The predicted molar refractivity (Wildman–Crippen MR) is 116 cm³/mol. The van der Waals surface area contributed by atoms with Crippen LogP contribution in [0.25, 0.3) is 0 Å². The average molecular weight is 389 g/mol. The number of hydrogen-bond donors (Lipinski definition) is 1. The van der Waals surface area contributed by atoms with Gasteiger partial charge in [0.25, 0.3) is 0 Å². The van der Waals surface area contributed by atoms with Gasteiger partial charge in [0.05, 0.1) is 6.54 Å². The van der Waals surface area contributed by atoms with Gasteiger partial charge in [0.1, 0.15) is 5.78 Å². The largest absolute Gasteiger partial charge is 0.314 e. The monoisotopic (exact) mass is 388 g/mol. The molecule has 0 aromatic carbocycles. The Morgan fingerprint density at radius 1 is 1.04 bits per heavy atom. The predicted octanol–water partition coefficient (Wildman–Crippen LogP) is 4.76. The lowest BCUT2D eigenvalue weighted by Gasteiger charge is -2.54. The minimum Gasteiger partial charge on any atom is -0.314 e. The first-order chi connectivity index (χ1) is 13.6. The van der Waals surface area contributed by atoms with Crippen LogP contribution in [0.4, 0.5) is 0 Å². The van der Waals surface area contributed by atoms with E-state index in [-0.39, 0.29) is 0 Å². The van der Waals surface area contributed by atoms with Gasteiger partial charge in [-0.25, -0.2) is 0 Å². The van der Waals surface area contributed by atoms with Gasteiger partial charge in [-0.15, -0.1) is 0 Å². The Hall–Kier alpha value is -0.410. The van der Waals surface area contributed by atoms with Crippen LogP contribution in [0.3, 0.4) is 0 Å². The van der Waals surface area contributed by atoms with Crippen LogP contribution in [0.1, 0.15) is 78.6 Å². The van der Waals surface area contributed by atoms with E-state index in [0.29, 0.717) is 23.7 Å². The summed E-state index contributed by atoms with van der Waals surface area (Å²) in [7, 11) is 0. The second-order valence-electron chi connectivity index (χ2n) is 10.8. The molecule has 1 saturated heterocycles. The highest BCUT2D eigenvalue weighted by Crippen LogP contribution is 2.63. The number of Topliss-reactive ketones (excluding diaryl/α,β-unsaturated/α-hetero) is 1. The molecule has 0 aromatic rings. The molecule has 4 aliphatic rings. The average Bonchev–Trinajstić information content (AvgIpc) is 3.06. The Labute approximate surface area is 173 Å². The van der Waals surface area contributed by atoms with Crippen LogP contribution in [0, 0.1) is 40.9 Å². The van der Waals surface area contributed by atoms with Crippen LogP contribution < -0.4 is 5.32 Å². The van der Waals surface area contributed by atoms with Gasteiger partial charge < -0.3 is 5.32 Å². The van der Waals surface area contributed by atoms with Crippen molar-refractivity contribution in [3.8, 4) is 0 Å². The van der Waals surface area contributed by atoms with Crippen molar-refractivity contribution in [2.75, 3.05) is 32.7 Å². The van der Waals surface area contributed by atoms with Crippen molar-refractivity contribution in [3.05, 3.63) is 0 Å². The topological polar surface area (TPSA) is 32.3 Å². The molecule has 7 atom stereocenters. The molecule has 1 heterocycles. The van der Waals surface area contributed by atoms with Crippen molar-refractivity contribution in [2.24, 2.45) is 40.9 Å². The fourth-order valence-corrected chi connectivity index (χ4v) is 8.25. The molecule has 0 radical (unpaired) electrons. The van der Waals surface area contributed by atoms with E-state index in [0.717, 1.165) is 55.8 Å². The van der Waals surface area contributed by atoms with E-state index in [2.05, 4.69) is 31.0 Å². The zero-order chi connectivity index (χ0) is 19.7. The van der Waals surface area contributed by atoms with Gasteiger partial charge >= 0.3 is 0 Å². The Balaban J connectivity index is 1.46. The first-order valence-electron chi connectivity index (χ1n) is 12.5. The maximum absolute atomic E-state index is 13.3. The summed E-state index contributed by atoms with van der Waals surface area (Å²) in [6.45, 7) is 12.2. The van der Waals surface area contributed by atoms with Crippen molar-refractivity contribution in [1.29, 1.82) is 0 Å². The number of carbonyl (C=O) groups excluding carboxylic acids is 1. The zero-order valence-electron chi connectivity index (χ0n) is 18.7. The molecule has 3 aliphatic carbocycles. The Bertz CT molecular complexity index is 543. The number of nitrogens with one attached hydrogen (secondary N) is 1. The summed E-state index contributed by atoms with van der Waals surface area (Å²) in [5, 5.41) is 3.41. The normalized spacial score (nSPS) is 44.1. The van der Waals surface area contributed by atoms with Crippen LogP contribution in [-0.4, -0.2) is 43.4 Å². The van der Waals surface area contributed by atoms with E-state index >= 15 is 0 Å². The molecule has 0 aromatic heterocycles. The molecular weight excluding hydrogens is 344 g/mol. The van der Waals surface area contributed by atoms with Crippen molar-refractivity contribution in [3.63, 3.8) is 0 Å². The summed E-state index contributed by atoms with van der Waals surface area (Å²) in [5.41, 5.74) is 0.294. The van der Waals surface area contributed by atoms with Crippen molar-refractivity contribution in [1.82, 2.24) is 10.2 Å². The standard InChI is InChI=1S/C25H44N2O/c1-4-6-19-18(5-2)7-8-21-20(19)11-12-25(3)22(21)9-10-23(25)24(28)17-27-15-13-26-14-16-27/h18-23,26H,4-17H2,1-3H3. The fraction of sp³-hybridized carbons (Fsp3) is 0.960. The second kappa shape index (κ2) is 8.76. The molecule has 0 amide bonds. The van der Waals surface area contributed by atoms with E-state index in [1.165, 1.54) is 57.8 Å². The van der Waals surface area contributed by atoms with Gasteiger partial charge in [-0.3, -0.25) is 9.69 Å². The van der Waals surface area contributed by atoms with E-state index in [1.807, 2.05) is 0 Å². The number of rotatable bonds is 6. The van der Waals surface area contributed by atoms with Crippen LogP contribution in [0.2, 0.25) is 0 Å². The highest BCUT2D eigenvalue weighted by atomic mass is 16.1. The smallest absolute Gasteiger partial charge is 0.150 e. The summed E-state index contributed by atoms with van der Waals surface area (Å²) in [6, 6.07) is 0. The third kappa shape index (κ3) is 3.71. The van der Waals surface area contributed by atoms with Gasteiger partial charge in [0.2, 0.25) is 0 Å². The first-order valence-corrected chi connectivity index (χ1v) is 12.5. The highest BCUT2D eigenvalue weighted by molar-refractivity contribution is 5.84. The molecule has 0 bridgehead atoms. The lowest BCUT2D eigenvalue weighted by Crippen LogP contribution is -2.50. The second-order valence-corrected chi connectivity index (χ2v) is 10.8. The molecule has 3 heteroatoms. The zero-order valence-corrected chi connectivity index (χ0v) is 18.7. The molecule has 1 aliphatic heterocycles. The van der Waals surface area contributed by atoms with Crippen molar-refractivity contribution >= 4 is 5.78 Å². The number of piperazine rings is 1. The number of fused-ring (bicyclic) bond motifs is 3. The molecule has 3 nitrogen and oxygen atoms in total. The minimum absolute atomic E-state index is 0.294. The molecule has 28 heavy (non-hydrogen) atoms. The van der Waals surface area contributed by atoms with Crippen LogP contribution in [0.15, 0.2) is 0 Å². The van der Waals surface area contributed by atoms with Crippen LogP contribution >= 0.6 is 0 Å². The van der Waals surface area contributed by atoms with E-state index in [1.54, 1.807) is 0 Å². The van der Waals surface area contributed by atoms with Crippen LogP contribution in [-0.2, 0) is 4.79 Å². The SMILES string of the molecule is CCCC1C(CC)CCC2C1CCC1(C)C(C(=O)CN3CCNCC3)CCC21. The first kappa shape index (κ1) is 20.8. The highest BCUT2D eigenvalue weighted by Gasteiger charge is 2.57. The summed E-state index contributed by atoms with van der Waals surface area (Å²) < 4.78 is 0. The molecule has 7 unspecified atom stereocenters. The number of ketones is 1. The summed E-state index contributed by atoms with van der Waals surface area (Å²) in [5.74, 6) is 5.53. The van der Waals surface area contributed by atoms with Crippen LogP contribution in [0.5, 0.6) is 0 Å². The molecular formula is C25H44N2O. The molecule has 1 N–H and O–H groups in total.